The van der Waals surface area contributed by atoms with Crippen molar-refractivity contribution in [3.8, 4) is 0 Å². The molecule has 0 spiro atoms. The predicted molar refractivity (Wildman–Crippen MR) is 78.9 cm³/mol. The molecule has 108 valence electrons. The van der Waals surface area contributed by atoms with Crippen LogP contribution in [0.5, 0.6) is 0 Å². The van der Waals surface area contributed by atoms with Crippen molar-refractivity contribution in [2.24, 2.45) is 11.8 Å². The van der Waals surface area contributed by atoms with Crippen LogP contribution in [-0.2, 0) is 4.74 Å². The predicted octanol–water partition coefficient (Wildman–Crippen LogP) is 3.95. The van der Waals surface area contributed by atoms with Gasteiger partial charge in [-0.3, -0.25) is 4.90 Å². The summed E-state index contributed by atoms with van der Waals surface area (Å²) < 4.78 is 5.88. The highest BCUT2D eigenvalue weighted by molar-refractivity contribution is 4.72. The molecule has 1 rings (SSSR count). The van der Waals surface area contributed by atoms with Gasteiger partial charge in [0, 0.05) is 13.1 Å². The lowest BCUT2D eigenvalue weighted by atomic mass is 10.0. The number of hydrogen-bond acceptors (Lipinski definition) is 2. The largest absolute Gasteiger partial charge is 0.376 e. The van der Waals surface area contributed by atoms with Crippen molar-refractivity contribution >= 4 is 0 Å². The second kappa shape index (κ2) is 8.92. The average Bonchev–Trinajstić information content (AvgIpc) is 2.28. The van der Waals surface area contributed by atoms with E-state index in [4.69, 9.17) is 4.74 Å². The summed E-state index contributed by atoms with van der Waals surface area (Å²) in [5.74, 6) is 1.67. The summed E-state index contributed by atoms with van der Waals surface area (Å²) in [6.07, 6.45) is 7.11. The van der Waals surface area contributed by atoms with Crippen molar-refractivity contribution in [2.45, 2.75) is 65.9 Å². The zero-order valence-electron chi connectivity index (χ0n) is 13.0. The number of rotatable bonds is 8. The summed E-state index contributed by atoms with van der Waals surface area (Å²) in [6, 6.07) is 0. The Bertz CT molecular complexity index is 183. The number of ether oxygens (including phenoxy) is 1. The Morgan fingerprint density at radius 2 is 1.72 bits per heavy atom. The quantitative estimate of drug-likeness (QED) is 0.651. The molecular weight excluding hydrogens is 222 g/mol. The lowest BCUT2D eigenvalue weighted by Gasteiger charge is -2.33. The van der Waals surface area contributed by atoms with Gasteiger partial charge in [0.25, 0.3) is 0 Å². The smallest absolute Gasteiger partial charge is 0.0702 e. The molecule has 0 bridgehead atoms. The molecule has 1 saturated heterocycles. The number of hydrogen-bond donors (Lipinski definition) is 0. The Labute approximate surface area is 114 Å². The van der Waals surface area contributed by atoms with Gasteiger partial charge in [-0.05, 0) is 37.6 Å². The van der Waals surface area contributed by atoms with Gasteiger partial charge in [-0.2, -0.15) is 0 Å². The normalized spacial score (nSPS) is 22.0. The molecule has 2 nitrogen and oxygen atoms in total. The van der Waals surface area contributed by atoms with Crippen molar-refractivity contribution in [3.63, 3.8) is 0 Å². The monoisotopic (exact) mass is 255 g/mol. The van der Waals surface area contributed by atoms with Crippen molar-refractivity contribution in [1.29, 1.82) is 0 Å². The van der Waals surface area contributed by atoms with E-state index >= 15 is 0 Å². The van der Waals surface area contributed by atoms with Crippen LogP contribution >= 0.6 is 0 Å². The second-order valence-corrected chi connectivity index (χ2v) is 6.65. The maximum atomic E-state index is 5.88. The molecule has 0 saturated carbocycles. The summed E-state index contributed by atoms with van der Waals surface area (Å²) in [5.41, 5.74) is 0. The lowest BCUT2D eigenvalue weighted by Crippen LogP contribution is -2.42. The van der Waals surface area contributed by atoms with E-state index in [0.29, 0.717) is 6.10 Å². The summed E-state index contributed by atoms with van der Waals surface area (Å²) in [7, 11) is 0. The van der Waals surface area contributed by atoms with Crippen LogP contribution in [0.1, 0.15) is 59.8 Å². The van der Waals surface area contributed by atoms with Crippen molar-refractivity contribution in [3.05, 3.63) is 0 Å². The van der Waals surface area contributed by atoms with Crippen molar-refractivity contribution in [2.75, 3.05) is 26.2 Å². The van der Waals surface area contributed by atoms with Crippen molar-refractivity contribution in [1.82, 2.24) is 4.90 Å². The van der Waals surface area contributed by atoms with E-state index in [-0.39, 0.29) is 0 Å². The summed E-state index contributed by atoms with van der Waals surface area (Å²) >= 11 is 0. The minimum atomic E-state index is 0.497. The van der Waals surface area contributed by atoms with E-state index in [1.165, 1.54) is 38.6 Å². The van der Waals surface area contributed by atoms with Crippen LogP contribution in [0.3, 0.4) is 0 Å². The summed E-state index contributed by atoms with van der Waals surface area (Å²) in [5, 5.41) is 0. The van der Waals surface area contributed by atoms with Gasteiger partial charge in [-0.1, -0.05) is 40.5 Å². The molecule has 1 atom stereocenters. The maximum absolute atomic E-state index is 5.88. The second-order valence-electron chi connectivity index (χ2n) is 6.65. The van der Waals surface area contributed by atoms with Gasteiger partial charge in [0.2, 0.25) is 0 Å². The summed E-state index contributed by atoms with van der Waals surface area (Å²) in [4.78, 5) is 2.60. The fourth-order valence-electron chi connectivity index (χ4n) is 2.64. The SMILES string of the molecule is CC(C)CCC[C@H]1CN(CCCC(C)C)CCO1. The standard InChI is InChI=1S/C16H33NO/c1-14(2)7-5-9-16-13-17(11-12-18-16)10-6-8-15(3)4/h14-16H,5-13H2,1-4H3/t16-/m0/s1. The third-order valence-electron chi connectivity index (χ3n) is 3.79. The minimum Gasteiger partial charge on any atom is -0.376 e. The molecule has 0 aromatic heterocycles. The van der Waals surface area contributed by atoms with E-state index in [1.54, 1.807) is 0 Å². The van der Waals surface area contributed by atoms with Gasteiger partial charge in [0.1, 0.15) is 0 Å². The molecule has 1 fully saturated rings. The zero-order valence-corrected chi connectivity index (χ0v) is 13.0. The Balaban J connectivity index is 2.11. The van der Waals surface area contributed by atoms with Crippen LogP contribution in [0.4, 0.5) is 0 Å². The lowest BCUT2D eigenvalue weighted by molar-refractivity contribution is -0.0337. The van der Waals surface area contributed by atoms with Crippen molar-refractivity contribution < 1.29 is 4.74 Å². The molecule has 0 N–H and O–H groups in total. The van der Waals surface area contributed by atoms with Crippen LogP contribution < -0.4 is 0 Å². The zero-order chi connectivity index (χ0) is 13.4. The average molecular weight is 255 g/mol. The van der Waals surface area contributed by atoms with Gasteiger partial charge in [0.15, 0.2) is 0 Å². The van der Waals surface area contributed by atoms with E-state index in [0.717, 1.165) is 31.5 Å². The molecule has 1 aliphatic heterocycles. The third-order valence-corrected chi connectivity index (χ3v) is 3.79. The summed E-state index contributed by atoms with van der Waals surface area (Å²) in [6.45, 7) is 13.7. The molecule has 0 aromatic carbocycles. The molecule has 0 aliphatic carbocycles. The van der Waals surface area contributed by atoms with Gasteiger partial charge >= 0.3 is 0 Å². The molecule has 2 heteroatoms. The van der Waals surface area contributed by atoms with Gasteiger partial charge in [-0.25, -0.2) is 0 Å². The first-order valence-electron chi connectivity index (χ1n) is 7.92. The fourth-order valence-corrected chi connectivity index (χ4v) is 2.64. The molecule has 18 heavy (non-hydrogen) atoms. The molecule has 0 unspecified atom stereocenters. The fraction of sp³-hybridized carbons (Fsp3) is 1.00. The van der Waals surface area contributed by atoms with E-state index in [9.17, 15) is 0 Å². The van der Waals surface area contributed by atoms with E-state index in [2.05, 4.69) is 32.6 Å². The Morgan fingerprint density at radius 1 is 1.06 bits per heavy atom. The molecule has 0 radical (unpaired) electrons. The minimum absolute atomic E-state index is 0.497. The van der Waals surface area contributed by atoms with Crippen LogP contribution in [0, 0.1) is 11.8 Å². The number of nitrogens with zero attached hydrogens (tertiary/aromatic N) is 1. The van der Waals surface area contributed by atoms with Crippen LogP contribution in [-0.4, -0.2) is 37.2 Å². The van der Waals surface area contributed by atoms with Crippen LogP contribution in [0.15, 0.2) is 0 Å². The Morgan fingerprint density at radius 3 is 2.39 bits per heavy atom. The van der Waals surface area contributed by atoms with Gasteiger partial charge in [-0.15, -0.1) is 0 Å². The Hall–Kier alpha value is -0.0800. The Kier molecular flexibility index (Phi) is 7.92. The van der Waals surface area contributed by atoms with Crippen LogP contribution in [0.25, 0.3) is 0 Å². The first kappa shape index (κ1) is 16.0. The van der Waals surface area contributed by atoms with E-state index in [1.807, 2.05) is 0 Å². The highest BCUT2D eigenvalue weighted by atomic mass is 16.5. The topological polar surface area (TPSA) is 12.5 Å². The third kappa shape index (κ3) is 7.38. The highest BCUT2D eigenvalue weighted by Gasteiger charge is 2.19. The maximum Gasteiger partial charge on any atom is 0.0702 e. The van der Waals surface area contributed by atoms with E-state index < -0.39 is 0 Å². The van der Waals surface area contributed by atoms with Gasteiger partial charge < -0.3 is 4.74 Å². The van der Waals surface area contributed by atoms with Crippen LogP contribution in [0.2, 0.25) is 0 Å². The molecule has 0 amide bonds. The molecular formula is C16H33NO. The highest BCUT2D eigenvalue weighted by Crippen LogP contribution is 2.15. The van der Waals surface area contributed by atoms with Gasteiger partial charge in [0.05, 0.1) is 12.7 Å². The number of morpholine rings is 1. The first-order chi connectivity index (χ1) is 8.58. The first-order valence-corrected chi connectivity index (χ1v) is 7.92. The molecule has 1 heterocycles. The molecule has 0 aromatic rings. The molecule has 1 aliphatic rings.